The minimum atomic E-state index is -0.391. The SMILES string of the molecule is COC(=O)c1cccc(C#Cc2cccc(NC(=O)CCCc3cccs3)c2)c1. The van der Waals surface area contributed by atoms with Crippen LogP contribution in [0.25, 0.3) is 0 Å². The van der Waals surface area contributed by atoms with Crippen molar-refractivity contribution in [2.75, 3.05) is 12.4 Å². The quantitative estimate of drug-likeness (QED) is 0.471. The number of amides is 1. The third kappa shape index (κ3) is 6.34. The molecular weight excluding hydrogens is 382 g/mol. The van der Waals surface area contributed by atoms with Gasteiger partial charge in [0.25, 0.3) is 0 Å². The van der Waals surface area contributed by atoms with E-state index in [2.05, 4.69) is 23.2 Å². The van der Waals surface area contributed by atoms with E-state index in [0.29, 0.717) is 12.0 Å². The fraction of sp³-hybridized carbons (Fsp3) is 0.167. The number of rotatable bonds is 6. The number of anilines is 1. The summed E-state index contributed by atoms with van der Waals surface area (Å²) in [6.07, 6.45) is 2.22. The van der Waals surface area contributed by atoms with E-state index >= 15 is 0 Å². The van der Waals surface area contributed by atoms with E-state index in [4.69, 9.17) is 4.74 Å². The molecule has 0 aliphatic heterocycles. The van der Waals surface area contributed by atoms with Crippen LogP contribution in [0.3, 0.4) is 0 Å². The lowest BCUT2D eigenvalue weighted by atomic mass is 10.1. The Labute approximate surface area is 174 Å². The molecule has 0 unspecified atom stereocenters. The summed E-state index contributed by atoms with van der Waals surface area (Å²) in [4.78, 5) is 25.1. The average Bonchev–Trinajstić information content (AvgIpc) is 3.25. The predicted octanol–water partition coefficient (Wildman–Crippen LogP) is 4.90. The van der Waals surface area contributed by atoms with Gasteiger partial charge in [0.15, 0.2) is 0 Å². The number of carbonyl (C=O) groups is 2. The topological polar surface area (TPSA) is 55.4 Å². The van der Waals surface area contributed by atoms with Gasteiger partial charge in [0.2, 0.25) is 5.91 Å². The van der Waals surface area contributed by atoms with Gasteiger partial charge in [-0.1, -0.05) is 30.0 Å². The molecule has 0 fully saturated rings. The third-order valence-electron chi connectivity index (χ3n) is 4.19. The van der Waals surface area contributed by atoms with Crippen LogP contribution in [0.5, 0.6) is 0 Å². The molecule has 1 amide bonds. The van der Waals surface area contributed by atoms with Crippen LogP contribution in [-0.2, 0) is 16.0 Å². The van der Waals surface area contributed by atoms with Gasteiger partial charge in [-0.15, -0.1) is 11.3 Å². The summed E-state index contributed by atoms with van der Waals surface area (Å²) in [7, 11) is 1.35. The monoisotopic (exact) mass is 403 g/mol. The summed E-state index contributed by atoms with van der Waals surface area (Å²) in [5.41, 5.74) is 2.69. The van der Waals surface area contributed by atoms with Crippen molar-refractivity contribution in [2.45, 2.75) is 19.3 Å². The van der Waals surface area contributed by atoms with Crippen LogP contribution < -0.4 is 5.32 Å². The lowest BCUT2D eigenvalue weighted by Gasteiger charge is -2.05. The minimum Gasteiger partial charge on any atom is -0.465 e. The third-order valence-corrected chi connectivity index (χ3v) is 5.12. The number of ether oxygens (including phenoxy) is 1. The van der Waals surface area contributed by atoms with E-state index in [1.165, 1.54) is 12.0 Å². The van der Waals surface area contributed by atoms with Crippen molar-refractivity contribution in [3.63, 3.8) is 0 Å². The molecule has 3 aromatic rings. The van der Waals surface area contributed by atoms with Crippen molar-refractivity contribution in [2.24, 2.45) is 0 Å². The van der Waals surface area contributed by atoms with Crippen LogP contribution in [0, 0.1) is 11.8 Å². The molecule has 0 aliphatic carbocycles. The molecule has 29 heavy (non-hydrogen) atoms. The van der Waals surface area contributed by atoms with Gasteiger partial charge in [0, 0.05) is 28.1 Å². The van der Waals surface area contributed by atoms with Gasteiger partial charge in [0.05, 0.1) is 12.7 Å². The first-order valence-corrected chi connectivity index (χ1v) is 10.1. The number of nitrogens with one attached hydrogen (secondary N) is 1. The number of hydrogen-bond donors (Lipinski definition) is 1. The molecular formula is C24H21NO3S. The van der Waals surface area contributed by atoms with E-state index in [0.717, 1.165) is 29.7 Å². The number of carbonyl (C=O) groups excluding carboxylic acids is 2. The van der Waals surface area contributed by atoms with Crippen molar-refractivity contribution in [1.29, 1.82) is 0 Å². The number of thiophene rings is 1. The molecule has 1 N–H and O–H groups in total. The van der Waals surface area contributed by atoms with E-state index in [1.807, 2.05) is 41.8 Å². The molecule has 1 heterocycles. The Kier molecular flexibility index (Phi) is 7.21. The maximum atomic E-state index is 12.2. The van der Waals surface area contributed by atoms with Crippen molar-refractivity contribution >= 4 is 28.9 Å². The lowest BCUT2D eigenvalue weighted by Crippen LogP contribution is -2.11. The fourth-order valence-electron chi connectivity index (χ4n) is 2.76. The maximum Gasteiger partial charge on any atom is 0.337 e. The smallest absolute Gasteiger partial charge is 0.337 e. The van der Waals surface area contributed by atoms with Crippen LogP contribution >= 0.6 is 11.3 Å². The predicted molar refractivity (Wildman–Crippen MR) is 116 cm³/mol. The average molecular weight is 404 g/mol. The second-order valence-electron chi connectivity index (χ2n) is 6.38. The Morgan fingerprint density at radius 3 is 2.48 bits per heavy atom. The van der Waals surface area contributed by atoms with Gasteiger partial charge < -0.3 is 10.1 Å². The highest BCUT2D eigenvalue weighted by Crippen LogP contribution is 2.14. The number of esters is 1. The summed E-state index contributed by atoms with van der Waals surface area (Å²) in [6, 6.07) is 18.5. The van der Waals surface area contributed by atoms with Crippen molar-refractivity contribution < 1.29 is 14.3 Å². The highest BCUT2D eigenvalue weighted by molar-refractivity contribution is 7.09. The van der Waals surface area contributed by atoms with Crippen molar-refractivity contribution in [3.8, 4) is 11.8 Å². The van der Waals surface area contributed by atoms with Crippen LogP contribution in [0.4, 0.5) is 5.69 Å². The van der Waals surface area contributed by atoms with Crippen LogP contribution in [-0.4, -0.2) is 19.0 Å². The summed E-state index contributed by atoms with van der Waals surface area (Å²) in [5, 5.41) is 4.98. The zero-order chi connectivity index (χ0) is 20.5. The van der Waals surface area contributed by atoms with Gasteiger partial charge in [-0.3, -0.25) is 4.79 Å². The van der Waals surface area contributed by atoms with Gasteiger partial charge >= 0.3 is 5.97 Å². The normalized spacial score (nSPS) is 9.97. The summed E-state index contributed by atoms with van der Waals surface area (Å²) >= 11 is 1.72. The first-order chi connectivity index (χ1) is 14.1. The molecule has 0 spiro atoms. The molecule has 0 radical (unpaired) electrons. The fourth-order valence-corrected chi connectivity index (χ4v) is 3.51. The van der Waals surface area contributed by atoms with E-state index < -0.39 is 5.97 Å². The Morgan fingerprint density at radius 2 is 1.76 bits per heavy atom. The van der Waals surface area contributed by atoms with Gasteiger partial charge in [-0.05, 0) is 60.7 Å². The zero-order valence-electron chi connectivity index (χ0n) is 16.1. The molecule has 3 rings (SSSR count). The molecule has 0 saturated heterocycles. The number of benzene rings is 2. The molecule has 4 nitrogen and oxygen atoms in total. The Hall–Kier alpha value is -3.36. The molecule has 2 aromatic carbocycles. The molecule has 0 saturated carbocycles. The molecule has 0 aliphatic rings. The van der Waals surface area contributed by atoms with E-state index in [9.17, 15) is 9.59 Å². The molecule has 1 aromatic heterocycles. The van der Waals surface area contributed by atoms with Crippen molar-refractivity contribution in [1.82, 2.24) is 0 Å². The molecule has 146 valence electrons. The van der Waals surface area contributed by atoms with Gasteiger partial charge in [-0.2, -0.15) is 0 Å². The highest BCUT2D eigenvalue weighted by Gasteiger charge is 2.05. The second-order valence-corrected chi connectivity index (χ2v) is 7.42. The number of methoxy groups -OCH3 is 1. The summed E-state index contributed by atoms with van der Waals surface area (Å²) in [6.45, 7) is 0. The van der Waals surface area contributed by atoms with E-state index in [1.54, 1.807) is 29.5 Å². The first-order valence-electron chi connectivity index (χ1n) is 9.27. The van der Waals surface area contributed by atoms with Crippen LogP contribution in [0.15, 0.2) is 66.0 Å². The van der Waals surface area contributed by atoms with Crippen LogP contribution in [0.1, 0.15) is 39.2 Å². The lowest BCUT2D eigenvalue weighted by molar-refractivity contribution is -0.116. The van der Waals surface area contributed by atoms with Crippen LogP contribution in [0.2, 0.25) is 0 Å². The zero-order valence-corrected chi connectivity index (χ0v) is 16.9. The standard InChI is InChI=1S/C24H21NO3S/c1-28-24(27)20-8-2-6-18(16-20)13-14-19-7-3-9-21(17-19)25-23(26)12-4-10-22-11-5-15-29-22/h2-3,5-9,11,15-17H,4,10,12H2,1H3,(H,25,26). The Morgan fingerprint density at radius 1 is 1.00 bits per heavy atom. The molecule has 5 heteroatoms. The molecule has 0 bridgehead atoms. The second kappa shape index (κ2) is 10.3. The maximum absolute atomic E-state index is 12.2. The van der Waals surface area contributed by atoms with Crippen molar-refractivity contribution in [3.05, 3.63) is 87.6 Å². The largest absolute Gasteiger partial charge is 0.465 e. The molecule has 0 atom stereocenters. The van der Waals surface area contributed by atoms with Gasteiger partial charge in [-0.25, -0.2) is 4.79 Å². The number of aryl methyl sites for hydroxylation is 1. The summed E-state index contributed by atoms with van der Waals surface area (Å²) < 4.78 is 4.73. The Bertz CT molecular complexity index is 1050. The van der Waals surface area contributed by atoms with Gasteiger partial charge in [0.1, 0.15) is 0 Å². The Balaban J connectivity index is 1.59. The van der Waals surface area contributed by atoms with E-state index in [-0.39, 0.29) is 5.91 Å². The first kappa shape index (κ1) is 20.4. The summed E-state index contributed by atoms with van der Waals surface area (Å²) in [5.74, 6) is 5.72. The minimum absolute atomic E-state index is 0.00237. The highest BCUT2D eigenvalue weighted by atomic mass is 32.1. The number of hydrogen-bond acceptors (Lipinski definition) is 4.